The van der Waals surface area contributed by atoms with Crippen molar-refractivity contribution in [2.75, 3.05) is 38.2 Å². The summed E-state index contributed by atoms with van der Waals surface area (Å²) in [6.07, 6.45) is 5.38. The fourth-order valence-corrected chi connectivity index (χ4v) is 3.93. The molecule has 2 aliphatic heterocycles. The van der Waals surface area contributed by atoms with Crippen LogP contribution in [0.1, 0.15) is 34.8 Å². The van der Waals surface area contributed by atoms with Crippen LogP contribution in [0.5, 0.6) is 5.75 Å². The summed E-state index contributed by atoms with van der Waals surface area (Å²) < 4.78 is 5.33. The molecule has 0 saturated carbocycles. The van der Waals surface area contributed by atoms with E-state index in [4.69, 9.17) is 10.5 Å². The van der Waals surface area contributed by atoms with Crippen LogP contribution in [0.2, 0.25) is 0 Å². The number of carbonyl (C=O) groups is 1. The highest BCUT2D eigenvalue weighted by molar-refractivity contribution is 5.92. The molecule has 27 heavy (non-hydrogen) atoms. The Morgan fingerprint density at radius 2 is 2.04 bits per heavy atom. The fourth-order valence-electron chi connectivity index (χ4n) is 3.93. The zero-order valence-corrected chi connectivity index (χ0v) is 15.5. The number of rotatable bonds is 4. The van der Waals surface area contributed by atoms with Crippen molar-refractivity contribution in [3.63, 3.8) is 0 Å². The summed E-state index contributed by atoms with van der Waals surface area (Å²) >= 11 is 0. The van der Waals surface area contributed by atoms with Gasteiger partial charge in [-0.25, -0.2) is 4.98 Å². The molecule has 0 bridgehead atoms. The van der Waals surface area contributed by atoms with Gasteiger partial charge in [-0.2, -0.15) is 0 Å². The Morgan fingerprint density at radius 3 is 2.81 bits per heavy atom. The van der Waals surface area contributed by atoms with Crippen LogP contribution >= 0.6 is 0 Å². The van der Waals surface area contributed by atoms with E-state index in [0.29, 0.717) is 18.1 Å². The lowest BCUT2D eigenvalue weighted by Gasteiger charge is -2.19. The number of amides is 1. The number of hydrogen-bond donors (Lipinski definition) is 1. The van der Waals surface area contributed by atoms with E-state index in [1.54, 1.807) is 19.5 Å². The molecule has 2 saturated heterocycles. The van der Waals surface area contributed by atoms with Gasteiger partial charge in [0, 0.05) is 38.1 Å². The Hall–Kier alpha value is -2.67. The molecule has 2 fully saturated rings. The second-order valence-electron chi connectivity index (χ2n) is 7.21. The van der Waals surface area contributed by atoms with Gasteiger partial charge < -0.3 is 20.3 Å². The van der Waals surface area contributed by atoms with Crippen LogP contribution in [0.25, 0.3) is 0 Å². The first-order valence-electron chi connectivity index (χ1n) is 9.41. The van der Waals surface area contributed by atoms with E-state index in [0.717, 1.165) is 43.8 Å². The number of anilines is 1. The summed E-state index contributed by atoms with van der Waals surface area (Å²) in [5.74, 6) is 1.69. The molecule has 2 aromatic rings. The molecule has 1 aromatic carbocycles. The van der Waals surface area contributed by atoms with Gasteiger partial charge in [0.1, 0.15) is 17.3 Å². The predicted octanol–water partition coefficient (Wildman–Crippen LogP) is 1.65. The van der Waals surface area contributed by atoms with Crippen molar-refractivity contribution in [1.82, 2.24) is 14.9 Å². The molecular weight excluding hydrogens is 342 g/mol. The quantitative estimate of drug-likeness (QED) is 0.885. The highest BCUT2D eigenvalue weighted by atomic mass is 16.5. The molecule has 0 unspecified atom stereocenters. The molecule has 4 rings (SSSR count). The number of aromatic nitrogens is 2. The Kier molecular flexibility index (Phi) is 4.94. The summed E-state index contributed by atoms with van der Waals surface area (Å²) in [5, 5.41) is 0. The maximum Gasteiger partial charge on any atom is 0.274 e. The third kappa shape index (κ3) is 3.60. The van der Waals surface area contributed by atoms with Crippen LogP contribution < -0.4 is 15.4 Å². The van der Waals surface area contributed by atoms with Crippen LogP contribution in [0.3, 0.4) is 0 Å². The summed E-state index contributed by atoms with van der Waals surface area (Å²) in [5.41, 5.74) is 7.99. The summed E-state index contributed by atoms with van der Waals surface area (Å²) in [7, 11) is 1.67. The molecule has 0 spiro atoms. The minimum Gasteiger partial charge on any atom is -0.497 e. The molecule has 1 amide bonds. The Bertz CT molecular complexity index is 822. The SMILES string of the molecule is COc1cccc([C@H]2CN(c3cncc(C(=O)N4CCCC4)n3)C[C@@H]2N)c1. The topological polar surface area (TPSA) is 84.6 Å². The number of methoxy groups -OCH3 is 1. The van der Waals surface area contributed by atoms with Crippen LogP contribution in [0.15, 0.2) is 36.7 Å². The van der Waals surface area contributed by atoms with Gasteiger partial charge in [-0.05, 0) is 30.5 Å². The van der Waals surface area contributed by atoms with E-state index < -0.39 is 0 Å². The highest BCUT2D eigenvalue weighted by Gasteiger charge is 2.33. The first-order valence-corrected chi connectivity index (χ1v) is 9.41. The Labute approximate surface area is 159 Å². The lowest BCUT2D eigenvalue weighted by Crippen LogP contribution is -2.30. The van der Waals surface area contributed by atoms with E-state index in [2.05, 4.69) is 20.9 Å². The van der Waals surface area contributed by atoms with Crippen molar-refractivity contribution in [2.45, 2.75) is 24.8 Å². The van der Waals surface area contributed by atoms with E-state index in [9.17, 15) is 4.79 Å². The lowest BCUT2D eigenvalue weighted by atomic mass is 9.95. The number of hydrogen-bond acceptors (Lipinski definition) is 6. The van der Waals surface area contributed by atoms with Gasteiger partial charge in [0.05, 0.1) is 19.5 Å². The molecule has 0 aliphatic carbocycles. The minimum absolute atomic E-state index is 0.0168. The number of carbonyl (C=O) groups excluding carboxylic acids is 1. The molecule has 7 nitrogen and oxygen atoms in total. The molecule has 7 heteroatoms. The first kappa shape index (κ1) is 17.7. The van der Waals surface area contributed by atoms with Crippen LogP contribution in [-0.2, 0) is 0 Å². The number of likely N-dealkylation sites (tertiary alicyclic amines) is 1. The fraction of sp³-hybridized carbons (Fsp3) is 0.450. The molecule has 1 aromatic heterocycles. The number of ether oxygens (including phenoxy) is 1. The third-order valence-corrected chi connectivity index (χ3v) is 5.45. The second kappa shape index (κ2) is 7.52. The maximum absolute atomic E-state index is 12.6. The van der Waals surface area contributed by atoms with Crippen molar-refractivity contribution < 1.29 is 9.53 Å². The van der Waals surface area contributed by atoms with Crippen LogP contribution in [-0.4, -0.2) is 60.1 Å². The van der Waals surface area contributed by atoms with Crippen LogP contribution in [0, 0.1) is 0 Å². The lowest BCUT2D eigenvalue weighted by molar-refractivity contribution is 0.0786. The Balaban J connectivity index is 1.52. The van der Waals surface area contributed by atoms with Crippen molar-refractivity contribution >= 4 is 11.7 Å². The van der Waals surface area contributed by atoms with E-state index in [1.165, 1.54) is 0 Å². The largest absolute Gasteiger partial charge is 0.497 e. The van der Waals surface area contributed by atoms with Gasteiger partial charge in [0.15, 0.2) is 0 Å². The predicted molar refractivity (Wildman–Crippen MR) is 103 cm³/mol. The van der Waals surface area contributed by atoms with Gasteiger partial charge in [-0.3, -0.25) is 9.78 Å². The average molecular weight is 367 g/mol. The monoisotopic (exact) mass is 367 g/mol. The van der Waals surface area contributed by atoms with E-state index in [-0.39, 0.29) is 17.9 Å². The molecule has 2 N–H and O–H groups in total. The molecule has 2 atom stereocenters. The third-order valence-electron chi connectivity index (χ3n) is 5.45. The normalized spacial score (nSPS) is 22.3. The van der Waals surface area contributed by atoms with Gasteiger partial charge in [-0.1, -0.05) is 12.1 Å². The second-order valence-corrected chi connectivity index (χ2v) is 7.21. The number of benzene rings is 1. The molecule has 0 radical (unpaired) electrons. The van der Waals surface area contributed by atoms with Crippen molar-refractivity contribution in [1.29, 1.82) is 0 Å². The molecular formula is C20H25N5O2. The van der Waals surface area contributed by atoms with Gasteiger partial charge in [0.2, 0.25) is 0 Å². The smallest absolute Gasteiger partial charge is 0.274 e. The number of nitrogens with zero attached hydrogens (tertiary/aromatic N) is 4. The van der Waals surface area contributed by atoms with Gasteiger partial charge in [-0.15, -0.1) is 0 Å². The Morgan fingerprint density at radius 1 is 1.22 bits per heavy atom. The standard InChI is InChI=1S/C20H25N5O2/c1-27-15-6-4-5-14(9-15)16-12-25(13-17(16)21)19-11-22-10-18(23-19)20(26)24-7-2-3-8-24/h4-6,9-11,16-17H,2-3,7-8,12-13,21H2,1H3/t16-,17+/m1/s1. The minimum atomic E-state index is -0.0327. The van der Waals surface area contributed by atoms with Gasteiger partial charge >= 0.3 is 0 Å². The highest BCUT2D eigenvalue weighted by Crippen LogP contribution is 2.31. The zero-order valence-electron chi connectivity index (χ0n) is 15.5. The van der Waals surface area contributed by atoms with Crippen molar-refractivity contribution in [3.8, 4) is 5.75 Å². The summed E-state index contributed by atoms with van der Waals surface area (Å²) in [6, 6.07) is 8.01. The first-order chi connectivity index (χ1) is 13.2. The summed E-state index contributed by atoms with van der Waals surface area (Å²) in [6.45, 7) is 3.02. The molecule has 3 heterocycles. The van der Waals surface area contributed by atoms with Gasteiger partial charge in [0.25, 0.3) is 5.91 Å². The van der Waals surface area contributed by atoms with Crippen molar-refractivity contribution in [2.24, 2.45) is 5.73 Å². The van der Waals surface area contributed by atoms with Crippen LogP contribution in [0.4, 0.5) is 5.82 Å². The molecule has 2 aliphatic rings. The van der Waals surface area contributed by atoms with E-state index >= 15 is 0 Å². The number of nitrogens with two attached hydrogens (primary N) is 1. The molecule has 142 valence electrons. The van der Waals surface area contributed by atoms with Crippen molar-refractivity contribution in [3.05, 3.63) is 47.9 Å². The van der Waals surface area contributed by atoms with E-state index in [1.807, 2.05) is 23.1 Å². The maximum atomic E-state index is 12.6. The summed E-state index contributed by atoms with van der Waals surface area (Å²) in [4.78, 5) is 25.4. The average Bonchev–Trinajstić information content (AvgIpc) is 3.37. The zero-order chi connectivity index (χ0) is 18.8.